The Hall–Kier alpha value is -2.01. The predicted molar refractivity (Wildman–Crippen MR) is 76.8 cm³/mol. The van der Waals surface area contributed by atoms with Crippen molar-refractivity contribution in [2.75, 3.05) is 13.7 Å². The van der Waals surface area contributed by atoms with Gasteiger partial charge in [0, 0.05) is 7.05 Å². The van der Waals surface area contributed by atoms with E-state index in [1.165, 1.54) is 17.0 Å². The average Bonchev–Trinajstić information content (AvgIpc) is 2.82. The largest absolute Gasteiger partial charge is 0.482 e. The summed E-state index contributed by atoms with van der Waals surface area (Å²) in [5.74, 6) is 1.07. The third-order valence-corrected chi connectivity index (χ3v) is 3.16. The number of halogens is 2. The summed E-state index contributed by atoms with van der Waals surface area (Å²) >= 11 is 5.82. The van der Waals surface area contributed by atoms with Gasteiger partial charge in [0.1, 0.15) is 23.1 Å². The summed E-state index contributed by atoms with van der Waals surface area (Å²) in [5, 5.41) is 0.132. The van der Waals surface area contributed by atoms with Gasteiger partial charge in [0.2, 0.25) is 0 Å². The van der Waals surface area contributed by atoms with Gasteiger partial charge in [-0.3, -0.25) is 4.79 Å². The van der Waals surface area contributed by atoms with Crippen LogP contribution in [0.2, 0.25) is 5.02 Å². The maximum Gasteiger partial charge on any atom is 0.260 e. The van der Waals surface area contributed by atoms with E-state index in [2.05, 4.69) is 0 Å². The van der Waals surface area contributed by atoms with E-state index in [9.17, 15) is 9.18 Å². The van der Waals surface area contributed by atoms with E-state index in [0.29, 0.717) is 12.3 Å². The van der Waals surface area contributed by atoms with E-state index in [-0.39, 0.29) is 23.3 Å². The van der Waals surface area contributed by atoms with E-state index in [0.717, 1.165) is 11.8 Å². The van der Waals surface area contributed by atoms with Gasteiger partial charge in [0.15, 0.2) is 6.61 Å². The molecule has 0 fully saturated rings. The van der Waals surface area contributed by atoms with Crippen molar-refractivity contribution in [1.29, 1.82) is 0 Å². The Kier molecular flexibility index (Phi) is 4.85. The predicted octanol–water partition coefficient (Wildman–Crippen LogP) is 3.42. The lowest BCUT2D eigenvalue weighted by Gasteiger charge is -2.16. The van der Waals surface area contributed by atoms with Gasteiger partial charge in [0.25, 0.3) is 5.91 Å². The Balaban J connectivity index is 1.89. The number of hydrogen-bond donors (Lipinski definition) is 0. The van der Waals surface area contributed by atoms with E-state index >= 15 is 0 Å². The highest BCUT2D eigenvalue weighted by Gasteiger charge is 2.13. The molecule has 1 aromatic heterocycles. The first-order valence-electron chi connectivity index (χ1n) is 6.33. The molecule has 0 aliphatic carbocycles. The second-order valence-corrected chi connectivity index (χ2v) is 5.03. The maximum atomic E-state index is 12.9. The molecule has 0 aliphatic heterocycles. The van der Waals surface area contributed by atoms with Crippen LogP contribution in [-0.2, 0) is 11.3 Å². The zero-order chi connectivity index (χ0) is 15.4. The van der Waals surface area contributed by atoms with Crippen LogP contribution in [0.15, 0.2) is 34.7 Å². The molecule has 0 radical (unpaired) electrons. The quantitative estimate of drug-likeness (QED) is 0.849. The molecule has 4 nitrogen and oxygen atoms in total. The van der Waals surface area contributed by atoms with E-state index < -0.39 is 5.82 Å². The summed E-state index contributed by atoms with van der Waals surface area (Å²) in [4.78, 5) is 13.4. The minimum Gasteiger partial charge on any atom is -0.482 e. The number of hydrogen-bond acceptors (Lipinski definition) is 3. The highest BCUT2D eigenvalue weighted by Crippen LogP contribution is 2.24. The monoisotopic (exact) mass is 311 g/mol. The van der Waals surface area contributed by atoms with Crippen molar-refractivity contribution < 1.29 is 18.3 Å². The third kappa shape index (κ3) is 4.23. The van der Waals surface area contributed by atoms with Crippen molar-refractivity contribution in [3.05, 3.63) is 52.7 Å². The Labute approximate surface area is 127 Å². The number of aryl methyl sites for hydroxylation is 1. The van der Waals surface area contributed by atoms with Crippen LogP contribution >= 0.6 is 11.6 Å². The number of nitrogens with zero attached hydrogens (tertiary/aromatic N) is 1. The molecule has 1 aromatic carbocycles. The molecule has 0 saturated carbocycles. The number of ether oxygens (including phenoxy) is 1. The van der Waals surface area contributed by atoms with Crippen LogP contribution in [0.5, 0.6) is 5.75 Å². The molecule has 0 N–H and O–H groups in total. The Bertz CT molecular complexity index is 642. The van der Waals surface area contributed by atoms with Gasteiger partial charge >= 0.3 is 0 Å². The van der Waals surface area contributed by atoms with Crippen molar-refractivity contribution in [2.24, 2.45) is 0 Å². The molecule has 0 saturated heterocycles. The lowest BCUT2D eigenvalue weighted by molar-refractivity contribution is -0.132. The fourth-order valence-electron chi connectivity index (χ4n) is 1.73. The molecule has 0 atom stereocenters. The summed E-state index contributed by atoms with van der Waals surface area (Å²) in [7, 11) is 1.65. The molecule has 0 aliphatic rings. The molecule has 1 heterocycles. The summed E-state index contributed by atoms with van der Waals surface area (Å²) in [6, 6.07) is 7.40. The van der Waals surface area contributed by atoms with Gasteiger partial charge < -0.3 is 14.1 Å². The highest BCUT2D eigenvalue weighted by atomic mass is 35.5. The van der Waals surface area contributed by atoms with Crippen LogP contribution in [0, 0.1) is 12.7 Å². The van der Waals surface area contributed by atoms with Crippen LogP contribution < -0.4 is 4.74 Å². The zero-order valence-corrected chi connectivity index (χ0v) is 12.5. The second kappa shape index (κ2) is 6.63. The number of rotatable bonds is 5. The summed E-state index contributed by atoms with van der Waals surface area (Å²) < 4.78 is 23.6. The molecule has 2 rings (SSSR count). The molecule has 1 amide bonds. The number of amides is 1. The molecule has 112 valence electrons. The minimum atomic E-state index is -0.455. The first-order valence-corrected chi connectivity index (χ1v) is 6.70. The van der Waals surface area contributed by atoms with Crippen LogP contribution in [0.25, 0.3) is 0 Å². The fourth-order valence-corrected chi connectivity index (χ4v) is 1.96. The summed E-state index contributed by atoms with van der Waals surface area (Å²) in [5.41, 5.74) is 0. The van der Waals surface area contributed by atoms with E-state index in [4.69, 9.17) is 20.8 Å². The normalized spacial score (nSPS) is 10.5. The Morgan fingerprint density at radius 2 is 2.14 bits per heavy atom. The maximum absolute atomic E-state index is 12.9. The zero-order valence-electron chi connectivity index (χ0n) is 11.7. The molecule has 0 unspecified atom stereocenters. The van der Waals surface area contributed by atoms with Crippen molar-refractivity contribution in [2.45, 2.75) is 13.5 Å². The minimum absolute atomic E-state index is 0.132. The molecular weight excluding hydrogens is 297 g/mol. The standard InChI is InChI=1S/C15H15ClFNO3/c1-10-3-5-12(21-10)8-18(2)15(19)9-20-14-6-4-11(17)7-13(14)16/h3-7H,8-9H2,1-2H3. The van der Waals surface area contributed by atoms with Gasteiger partial charge in [-0.2, -0.15) is 0 Å². The van der Waals surface area contributed by atoms with Gasteiger partial charge in [0.05, 0.1) is 11.6 Å². The highest BCUT2D eigenvalue weighted by molar-refractivity contribution is 6.32. The molecule has 6 heteroatoms. The average molecular weight is 312 g/mol. The van der Waals surface area contributed by atoms with Crippen molar-refractivity contribution >= 4 is 17.5 Å². The van der Waals surface area contributed by atoms with E-state index in [1.54, 1.807) is 7.05 Å². The molecular formula is C15H15ClFNO3. The van der Waals surface area contributed by atoms with Crippen molar-refractivity contribution in [3.63, 3.8) is 0 Å². The van der Waals surface area contributed by atoms with Crippen LogP contribution in [0.3, 0.4) is 0 Å². The summed E-state index contributed by atoms with van der Waals surface area (Å²) in [6.07, 6.45) is 0. The summed E-state index contributed by atoms with van der Waals surface area (Å²) in [6.45, 7) is 2.01. The second-order valence-electron chi connectivity index (χ2n) is 4.63. The Morgan fingerprint density at radius 1 is 1.38 bits per heavy atom. The number of likely N-dealkylation sites (N-methyl/N-ethyl adjacent to an activating group) is 1. The van der Waals surface area contributed by atoms with Gasteiger partial charge in [-0.05, 0) is 37.3 Å². The fraction of sp³-hybridized carbons (Fsp3) is 0.267. The number of carbonyl (C=O) groups is 1. The van der Waals surface area contributed by atoms with Gasteiger partial charge in [-0.15, -0.1) is 0 Å². The van der Waals surface area contributed by atoms with Crippen LogP contribution in [-0.4, -0.2) is 24.5 Å². The van der Waals surface area contributed by atoms with E-state index in [1.807, 2.05) is 19.1 Å². The van der Waals surface area contributed by atoms with Crippen molar-refractivity contribution in [3.8, 4) is 5.75 Å². The lowest BCUT2D eigenvalue weighted by Crippen LogP contribution is -2.30. The molecule has 21 heavy (non-hydrogen) atoms. The topological polar surface area (TPSA) is 42.7 Å². The van der Waals surface area contributed by atoms with Crippen LogP contribution in [0.4, 0.5) is 4.39 Å². The van der Waals surface area contributed by atoms with Crippen molar-refractivity contribution in [1.82, 2.24) is 4.90 Å². The lowest BCUT2D eigenvalue weighted by atomic mass is 10.3. The third-order valence-electron chi connectivity index (χ3n) is 2.86. The number of benzene rings is 1. The first-order chi connectivity index (χ1) is 9.95. The smallest absolute Gasteiger partial charge is 0.260 e. The number of carbonyl (C=O) groups excluding carboxylic acids is 1. The SMILES string of the molecule is Cc1ccc(CN(C)C(=O)COc2ccc(F)cc2Cl)o1. The molecule has 0 spiro atoms. The van der Waals surface area contributed by atoms with Crippen LogP contribution in [0.1, 0.15) is 11.5 Å². The molecule has 2 aromatic rings. The van der Waals surface area contributed by atoms with Gasteiger partial charge in [-0.25, -0.2) is 4.39 Å². The first kappa shape index (κ1) is 15.4. The molecule has 0 bridgehead atoms. The number of furan rings is 1. The van der Waals surface area contributed by atoms with Gasteiger partial charge in [-0.1, -0.05) is 11.6 Å². The Morgan fingerprint density at radius 3 is 2.76 bits per heavy atom.